The maximum Gasteiger partial charge on any atom is 0.208 e. The summed E-state index contributed by atoms with van der Waals surface area (Å²) >= 11 is 1.46. The third-order valence-corrected chi connectivity index (χ3v) is 2.73. The summed E-state index contributed by atoms with van der Waals surface area (Å²) in [4.78, 5) is 5.81. The Hall–Kier alpha value is -0.770. The summed E-state index contributed by atoms with van der Waals surface area (Å²) in [6, 6.07) is 0. The highest BCUT2D eigenvalue weighted by Crippen LogP contribution is 2.05. The van der Waals surface area contributed by atoms with Crippen molar-refractivity contribution in [2.24, 2.45) is 4.99 Å². The molecule has 0 radical (unpaired) electrons. The first kappa shape index (κ1) is 16.2. The molecule has 0 rings (SSSR count). The van der Waals surface area contributed by atoms with Gasteiger partial charge in [0.2, 0.25) is 6.19 Å². The van der Waals surface area contributed by atoms with Crippen molar-refractivity contribution in [1.29, 1.82) is 5.26 Å². The third kappa shape index (κ3) is 8.02. The van der Waals surface area contributed by atoms with Crippen molar-refractivity contribution in [3.8, 4) is 6.19 Å². The van der Waals surface area contributed by atoms with Crippen LogP contribution in [0, 0.1) is 11.5 Å². The van der Waals surface area contributed by atoms with Crippen LogP contribution in [0.3, 0.4) is 0 Å². The minimum absolute atomic E-state index is 0.633. The van der Waals surface area contributed by atoms with Crippen molar-refractivity contribution in [1.82, 2.24) is 4.90 Å². The first-order valence-corrected chi connectivity index (χ1v) is 6.93. The average molecular weight is 259 g/mol. The van der Waals surface area contributed by atoms with Crippen molar-refractivity contribution in [3.63, 3.8) is 0 Å². The molecule has 0 saturated heterocycles. The van der Waals surface area contributed by atoms with Gasteiger partial charge in [0, 0.05) is 26.3 Å². The Bertz CT molecular complexity index is 244. The number of hydrogen-bond acceptors (Lipinski definition) is 5. The van der Waals surface area contributed by atoms with Crippen LogP contribution in [0.1, 0.15) is 13.8 Å². The van der Waals surface area contributed by atoms with Gasteiger partial charge in [-0.15, -0.1) is 4.99 Å². The highest BCUT2D eigenvalue weighted by Gasteiger charge is 2.10. The maximum atomic E-state index is 8.62. The maximum absolute atomic E-state index is 8.62. The molecule has 6 heteroatoms. The van der Waals surface area contributed by atoms with Gasteiger partial charge in [-0.05, 0) is 20.1 Å². The summed E-state index contributed by atoms with van der Waals surface area (Å²) in [5.74, 6) is 0. The molecule has 0 aliphatic rings. The molecule has 5 nitrogen and oxygen atoms in total. The van der Waals surface area contributed by atoms with Gasteiger partial charge in [0.05, 0.1) is 13.2 Å². The molecule has 0 aromatic carbocycles. The van der Waals surface area contributed by atoms with Crippen LogP contribution in [0.2, 0.25) is 0 Å². The molecule has 0 aliphatic carbocycles. The van der Waals surface area contributed by atoms with Gasteiger partial charge in [-0.2, -0.15) is 5.26 Å². The van der Waals surface area contributed by atoms with Gasteiger partial charge in [0.1, 0.15) is 0 Å². The molecular formula is C11H21N3O2S. The topological polar surface area (TPSA) is 57.9 Å². The van der Waals surface area contributed by atoms with Crippen LogP contribution < -0.4 is 0 Å². The molecular weight excluding hydrogens is 238 g/mol. The zero-order valence-electron chi connectivity index (χ0n) is 10.8. The standard InChI is InChI=1S/C11H21N3O2S/c1-4-15-8-6-14(7-9-16-5-2)11(17-3)13-10-12/h4-9H2,1-3H3. The zero-order valence-corrected chi connectivity index (χ0v) is 11.6. The number of rotatable bonds is 8. The van der Waals surface area contributed by atoms with E-state index >= 15 is 0 Å². The van der Waals surface area contributed by atoms with E-state index in [2.05, 4.69) is 4.99 Å². The highest BCUT2D eigenvalue weighted by molar-refractivity contribution is 8.13. The van der Waals surface area contributed by atoms with Crippen molar-refractivity contribution in [2.75, 3.05) is 45.8 Å². The molecule has 0 unspecified atom stereocenters. The molecule has 0 fully saturated rings. The van der Waals surface area contributed by atoms with Crippen molar-refractivity contribution in [2.45, 2.75) is 13.8 Å². The van der Waals surface area contributed by atoms with Crippen LogP contribution in [0.25, 0.3) is 0 Å². The molecule has 0 saturated carbocycles. The second-order valence-corrected chi connectivity index (χ2v) is 3.85. The smallest absolute Gasteiger partial charge is 0.208 e. The van der Waals surface area contributed by atoms with Gasteiger partial charge < -0.3 is 14.4 Å². The predicted molar refractivity (Wildman–Crippen MR) is 71.1 cm³/mol. The van der Waals surface area contributed by atoms with E-state index in [0.717, 1.165) is 13.1 Å². The quantitative estimate of drug-likeness (QED) is 0.286. The van der Waals surface area contributed by atoms with Gasteiger partial charge in [0.25, 0.3) is 0 Å². The Morgan fingerprint density at radius 2 is 1.76 bits per heavy atom. The number of aliphatic imine (C=N–C) groups is 1. The van der Waals surface area contributed by atoms with Crippen LogP contribution >= 0.6 is 11.8 Å². The monoisotopic (exact) mass is 259 g/mol. The van der Waals surface area contributed by atoms with E-state index in [9.17, 15) is 0 Å². The lowest BCUT2D eigenvalue weighted by Crippen LogP contribution is -2.35. The molecule has 0 atom stereocenters. The molecule has 0 heterocycles. The van der Waals surface area contributed by atoms with Crippen LogP contribution in [0.5, 0.6) is 0 Å². The van der Waals surface area contributed by atoms with Gasteiger partial charge >= 0.3 is 0 Å². The molecule has 98 valence electrons. The molecule has 0 aromatic rings. The van der Waals surface area contributed by atoms with E-state index in [1.54, 1.807) is 0 Å². The Labute approximate surface area is 108 Å². The summed E-state index contributed by atoms with van der Waals surface area (Å²) in [6.45, 7) is 8.03. The highest BCUT2D eigenvalue weighted by atomic mass is 32.2. The van der Waals surface area contributed by atoms with Crippen molar-refractivity contribution < 1.29 is 9.47 Å². The number of amidine groups is 1. The van der Waals surface area contributed by atoms with E-state index in [1.165, 1.54) is 11.8 Å². The molecule has 0 spiro atoms. The number of nitrogens with zero attached hydrogens (tertiary/aromatic N) is 3. The van der Waals surface area contributed by atoms with Gasteiger partial charge in [-0.3, -0.25) is 0 Å². The molecule has 0 bridgehead atoms. The summed E-state index contributed by atoms with van der Waals surface area (Å²) in [7, 11) is 0. The second kappa shape index (κ2) is 11.7. The first-order valence-electron chi connectivity index (χ1n) is 5.71. The fraction of sp³-hybridized carbons (Fsp3) is 0.818. The fourth-order valence-corrected chi connectivity index (χ4v) is 1.80. The Morgan fingerprint density at radius 3 is 2.12 bits per heavy atom. The largest absolute Gasteiger partial charge is 0.380 e. The molecule has 0 aromatic heterocycles. The lowest BCUT2D eigenvalue weighted by atomic mass is 10.5. The lowest BCUT2D eigenvalue weighted by molar-refractivity contribution is 0.108. The predicted octanol–water partition coefficient (Wildman–Crippen LogP) is 1.56. The summed E-state index contributed by atoms with van der Waals surface area (Å²) in [6.07, 6.45) is 3.73. The van der Waals surface area contributed by atoms with Gasteiger partial charge in [0.15, 0.2) is 5.17 Å². The first-order chi connectivity index (χ1) is 8.29. The van der Waals surface area contributed by atoms with Gasteiger partial charge in [-0.1, -0.05) is 11.8 Å². The third-order valence-electron chi connectivity index (χ3n) is 2.02. The normalized spacial score (nSPS) is 11.3. The minimum atomic E-state index is 0.633. The van der Waals surface area contributed by atoms with Gasteiger partial charge in [-0.25, -0.2) is 0 Å². The number of ether oxygens (including phenoxy) is 2. The number of hydrogen-bond donors (Lipinski definition) is 0. The van der Waals surface area contributed by atoms with E-state index in [0.29, 0.717) is 31.6 Å². The fourth-order valence-electron chi connectivity index (χ4n) is 1.23. The Morgan fingerprint density at radius 1 is 1.24 bits per heavy atom. The van der Waals surface area contributed by atoms with Crippen molar-refractivity contribution in [3.05, 3.63) is 0 Å². The van der Waals surface area contributed by atoms with E-state index in [1.807, 2.05) is 31.2 Å². The summed E-state index contributed by atoms with van der Waals surface area (Å²) in [5.41, 5.74) is 0. The number of nitriles is 1. The second-order valence-electron chi connectivity index (χ2n) is 3.08. The molecule has 0 N–H and O–H groups in total. The van der Waals surface area contributed by atoms with Crippen LogP contribution in [-0.4, -0.2) is 55.8 Å². The molecule has 0 aliphatic heterocycles. The van der Waals surface area contributed by atoms with Crippen LogP contribution in [0.4, 0.5) is 0 Å². The zero-order chi connectivity index (χ0) is 12.9. The summed E-state index contributed by atoms with van der Waals surface area (Å²) < 4.78 is 10.6. The molecule has 17 heavy (non-hydrogen) atoms. The minimum Gasteiger partial charge on any atom is -0.380 e. The lowest BCUT2D eigenvalue weighted by Gasteiger charge is -2.23. The Balaban J connectivity index is 4.26. The molecule has 0 amide bonds. The summed E-state index contributed by atoms with van der Waals surface area (Å²) in [5, 5.41) is 9.33. The average Bonchev–Trinajstić information content (AvgIpc) is 2.35. The SMILES string of the molecule is CCOCCN(CCOCC)C(=NC#N)SC. The number of thioether (sulfide) groups is 1. The Kier molecular flexibility index (Phi) is 11.2. The van der Waals surface area contributed by atoms with Crippen LogP contribution in [-0.2, 0) is 9.47 Å². The van der Waals surface area contributed by atoms with Crippen LogP contribution in [0.15, 0.2) is 4.99 Å². The van der Waals surface area contributed by atoms with E-state index in [4.69, 9.17) is 14.7 Å². The van der Waals surface area contributed by atoms with E-state index < -0.39 is 0 Å². The van der Waals surface area contributed by atoms with Crippen molar-refractivity contribution >= 4 is 16.9 Å². The van der Waals surface area contributed by atoms with E-state index in [-0.39, 0.29) is 0 Å².